The molecule has 2 aromatic rings. The van der Waals surface area contributed by atoms with E-state index in [4.69, 9.17) is 4.74 Å². The molecule has 0 atom stereocenters. The normalized spacial score (nSPS) is 15.6. The molecule has 6 nitrogen and oxygen atoms in total. The maximum absolute atomic E-state index is 13.6. The molecule has 1 aliphatic heterocycles. The number of amides is 1. The van der Waals surface area contributed by atoms with Crippen molar-refractivity contribution in [3.63, 3.8) is 0 Å². The molecule has 0 fully saturated rings. The van der Waals surface area contributed by atoms with E-state index in [9.17, 15) is 14.0 Å². The molecule has 0 aliphatic carbocycles. The van der Waals surface area contributed by atoms with Gasteiger partial charge in [-0.15, -0.1) is 0 Å². The van der Waals surface area contributed by atoms with Crippen molar-refractivity contribution >= 4 is 17.4 Å². The van der Waals surface area contributed by atoms with E-state index in [2.05, 4.69) is 10.2 Å². The molecule has 1 aromatic carbocycles. The van der Waals surface area contributed by atoms with Crippen molar-refractivity contribution in [1.29, 1.82) is 0 Å². The van der Waals surface area contributed by atoms with Crippen LogP contribution in [0.4, 0.5) is 4.39 Å². The van der Waals surface area contributed by atoms with Gasteiger partial charge in [0, 0.05) is 35.0 Å². The van der Waals surface area contributed by atoms with Gasteiger partial charge in [0.2, 0.25) is 0 Å². The second-order valence-corrected chi connectivity index (χ2v) is 7.39. The lowest BCUT2D eigenvalue weighted by Gasteiger charge is -2.29. The Morgan fingerprint density at radius 3 is 2.63 bits per heavy atom. The Morgan fingerprint density at radius 1 is 1.30 bits per heavy atom. The van der Waals surface area contributed by atoms with Crippen molar-refractivity contribution < 1.29 is 18.7 Å². The molecule has 2 heterocycles. The van der Waals surface area contributed by atoms with Crippen LogP contribution in [-0.2, 0) is 14.9 Å². The highest BCUT2D eigenvalue weighted by Crippen LogP contribution is 2.36. The summed E-state index contributed by atoms with van der Waals surface area (Å²) < 4.78 is 18.5. The number of nitrogens with zero attached hydrogens (tertiary/aromatic N) is 2. The average Bonchev–Trinajstić information content (AvgIpc) is 2.96. The number of carbonyl (C=O) groups is 2. The largest absolute Gasteiger partial charge is 0.465 e. The summed E-state index contributed by atoms with van der Waals surface area (Å²) in [5.41, 5.74) is 2.65. The van der Waals surface area contributed by atoms with Crippen LogP contribution in [0, 0.1) is 19.7 Å². The van der Waals surface area contributed by atoms with E-state index in [1.54, 1.807) is 6.92 Å². The number of rotatable bonds is 2. The van der Waals surface area contributed by atoms with Crippen LogP contribution in [-0.4, -0.2) is 40.6 Å². The fourth-order valence-corrected chi connectivity index (χ4v) is 3.55. The summed E-state index contributed by atoms with van der Waals surface area (Å²) in [4.78, 5) is 26.9. The zero-order chi connectivity index (χ0) is 19.9. The summed E-state index contributed by atoms with van der Waals surface area (Å²) in [5.74, 6) is -1.27. The molecule has 7 heteroatoms. The number of aromatic nitrogens is 2. The Labute approximate surface area is 157 Å². The van der Waals surface area contributed by atoms with Gasteiger partial charge >= 0.3 is 5.97 Å². The minimum absolute atomic E-state index is 0.203. The second kappa shape index (κ2) is 6.64. The number of aryl methyl sites for hydroxylation is 2. The first-order valence-corrected chi connectivity index (χ1v) is 8.59. The van der Waals surface area contributed by atoms with Crippen molar-refractivity contribution in [2.45, 2.75) is 33.1 Å². The summed E-state index contributed by atoms with van der Waals surface area (Å²) in [6.07, 6.45) is 1.47. The van der Waals surface area contributed by atoms with Gasteiger partial charge in [-0.05, 0) is 37.6 Å². The highest BCUT2D eigenvalue weighted by atomic mass is 19.1. The molecular formula is C20H22FN3O3. The fourth-order valence-electron chi connectivity index (χ4n) is 3.55. The minimum Gasteiger partial charge on any atom is -0.465 e. The number of H-pyrrole nitrogens is 1. The first kappa shape index (κ1) is 18.8. The predicted octanol–water partition coefficient (Wildman–Crippen LogP) is 3.11. The third-order valence-corrected chi connectivity index (χ3v) is 4.80. The van der Waals surface area contributed by atoms with Crippen LogP contribution in [0.2, 0.25) is 0 Å². The molecule has 1 N–H and O–H groups in total. The van der Waals surface area contributed by atoms with E-state index < -0.39 is 11.4 Å². The van der Waals surface area contributed by atoms with Crippen LogP contribution in [0.1, 0.15) is 46.7 Å². The summed E-state index contributed by atoms with van der Waals surface area (Å²) in [7, 11) is 1.29. The number of nitrogens with one attached hydrogen (secondary N) is 1. The standard InChI is InChI=1S/C20H22FN3O3/c1-11-8-13(6-7-15(11)21)18(25)24-9-14(19(26)27-5)17-16(12(2)22-23-17)20(3,4)10-24/h6-9H,10H2,1-5H3,(H,22,23). The molecule has 3 rings (SSSR count). The predicted molar refractivity (Wildman–Crippen MR) is 98.5 cm³/mol. The monoisotopic (exact) mass is 371 g/mol. The third kappa shape index (κ3) is 3.25. The van der Waals surface area contributed by atoms with Crippen molar-refractivity contribution in [1.82, 2.24) is 15.1 Å². The fraction of sp³-hybridized carbons (Fsp3) is 0.350. The molecule has 27 heavy (non-hydrogen) atoms. The molecule has 142 valence electrons. The molecular weight excluding hydrogens is 349 g/mol. The zero-order valence-corrected chi connectivity index (χ0v) is 16.0. The molecule has 0 unspecified atom stereocenters. The van der Waals surface area contributed by atoms with Crippen molar-refractivity contribution in [3.05, 3.63) is 58.3 Å². The topological polar surface area (TPSA) is 75.3 Å². The number of ether oxygens (including phenoxy) is 1. The van der Waals surface area contributed by atoms with Crippen LogP contribution in [0.3, 0.4) is 0 Å². The van der Waals surface area contributed by atoms with E-state index >= 15 is 0 Å². The van der Waals surface area contributed by atoms with Gasteiger partial charge in [0.15, 0.2) is 0 Å². The highest BCUT2D eigenvalue weighted by Gasteiger charge is 2.37. The maximum atomic E-state index is 13.6. The quantitative estimate of drug-likeness (QED) is 0.823. The van der Waals surface area contributed by atoms with E-state index in [0.717, 1.165) is 11.3 Å². The van der Waals surface area contributed by atoms with Gasteiger partial charge in [0.05, 0.1) is 7.11 Å². The lowest BCUT2D eigenvalue weighted by molar-refractivity contribution is -0.133. The van der Waals surface area contributed by atoms with Crippen LogP contribution in [0.5, 0.6) is 0 Å². The van der Waals surface area contributed by atoms with Crippen LogP contribution < -0.4 is 0 Å². The lowest BCUT2D eigenvalue weighted by atomic mass is 9.82. The Bertz CT molecular complexity index is 959. The van der Waals surface area contributed by atoms with Gasteiger partial charge in [0.1, 0.15) is 17.1 Å². The van der Waals surface area contributed by atoms with Gasteiger partial charge in [-0.3, -0.25) is 9.89 Å². The molecule has 0 saturated heterocycles. The Morgan fingerprint density at radius 2 is 2.00 bits per heavy atom. The van der Waals surface area contributed by atoms with Gasteiger partial charge in [0.25, 0.3) is 5.91 Å². The molecule has 0 bridgehead atoms. The number of fused-ring (bicyclic) bond motifs is 1. The van der Waals surface area contributed by atoms with E-state index in [-0.39, 0.29) is 17.3 Å². The van der Waals surface area contributed by atoms with Crippen LogP contribution in [0.15, 0.2) is 24.4 Å². The number of aromatic amines is 1. The van der Waals surface area contributed by atoms with Gasteiger partial charge in [-0.1, -0.05) is 13.8 Å². The van der Waals surface area contributed by atoms with E-state index in [1.165, 1.54) is 36.4 Å². The number of hydrogen-bond donors (Lipinski definition) is 1. The molecule has 0 spiro atoms. The average molecular weight is 371 g/mol. The highest BCUT2D eigenvalue weighted by molar-refractivity contribution is 6.17. The summed E-state index contributed by atoms with van der Waals surface area (Å²) >= 11 is 0. The molecule has 0 radical (unpaired) electrons. The van der Waals surface area contributed by atoms with Crippen molar-refractivity contribution in [2.24, 2.45) is 0 Å². The number of esters is 1. The van der Waals surface area contributed by atoms with Crippen LogP contribution >= 0.6 is 0 Å². The second-order valence-electron chi connectivity index (χ2n) is 7.39. The van der Waals surface area contributed by atoms with Gasteiger partial charge in [-0.2, -0.15) is 5.10 Å². The first-order valence-electron chi connectivity index (χ1n) is 8.59. The van der Waals surface area contributed by atoms with Crippen molar-refractivity contribution in [2.75, 3.05) is 13.7 Å². The SMILES string of the molecule is COC(=O)C1=CN(C(=O)c2ccc(F)c(C)c2)CC(C)(C)c2c1n[nH]c2C. The number of halogens is 1. The maximum Gasteiger partial charge on any atom is 0.341 e. The van der Waals surface area contributed by atoms with E-state index in [1.807, 2.05) is 20.8 Å². The van der Waals surface area contributed by atoms with Gasteiger partial charge < -0.3 is 9.64 Å². The third-order valence-electron chi connectivity index (χ3n) is 4.80. The zero-order valence-electron chi connectivity index (χ0n) is 16.0. The van der Waals surface area contributed by atoms with Gasteiger partial charge in [-0.25, -0.2) is 9.18 Å². The molecule has 0 saturated carbocycles. The molecule has 1 aromatic heterocycles. The number of carbonyl (C=O) groups excluding carboxylic acids is 2. The lowest BCUT2D eigenvalue weighted by Crippen LogP contribution is -2.37. The van der Waals surface area contributed by atoms with Crippen molar-refractivity contribution in [3.8, 4) is 0 Å². The Balaban J connectivity index is 2.12. The Kier molecular flexibility index (Phi) is 4.63. The molecule has 1 aliphatic rings. The summed E-state index contributed by atoms with van der Waals surface area (Å²) in [6.45, 7) is 7.78. The number of methoxy groups -OCH3 is 1. The number of benzene rings is 1. The summed E-state index contributed by atoms with van der Waals surface area (Å²) in [6, 6.07) is 4.22. The first-order chi connectivity index (χ1) is 12.7. The Hall–Kier alpha value is -2.96. The van der Waals surface area contributed by atoms with E-state index in [0.29, 0.717) is 23.4 Å². The molecule has 1 amide bonds. The van der Waals surface area contributed by atoms with Crippen LogP contribution in [0.25, 0.3) is 5.57 Å². The minimum atomic E-state index is -0.575. The summed E-state index contributed by atoms with van der Waals surface area (Å²) in [5, 5.41) is 7.19. The smallest absolute Gasteiger partial charge is 0.341 e. The number of hydrogen-bond acceptors (Lipinski definition) is 4.